The van der Waals surface area contributed by atoms with Gasteiger partial charge in [0.25, 0.3) is 0 Å². The van der Waals surface area contributed by atoms with E-state index in [0.717, 1.165) is 6.21 Å². The molecular weight excluding hydrogens is 356 g/mol. The number of nitrogens with zero attached hydrogens (tertiary/aromatic N) is 6. The van der Waals surface area contributed by atoms with E-state index in [2.05, 4.69) is 21.1 Å². The lowest BCUT2D eigenvalue weighted by Crippen LogP contribution is -2.64. The predicted molar refractivity (Wildman–Crippen MR) is 94.8 cm³/mol. The highest BCUT2D eigenvalue weighted by Crippen LogP contribution is 2.35. The number of nitriles is 1. The molecule has 3 rings (SSSR count). The second-order valence-corrected chi connectivity index (χ2v) is 8.32. The summed E-state index contributed by atoms with van der Waals surface area (Å²) < 4.78 is 27.0. The molecule has 1 saturated heterocycles. The van der Waals surface area contributed by atoms with E-state index in [4.69, 9.17) is 11.1 Å². The molecule has 1 aliphatic heterocycles. The monoisotopic (exact) mass is 374 g/mol. The van der Waals surface area contributed by atoms with Crippen molar-refractivity contribution in [1.29, 1.82) is 10.7 Å². The summed E-state index contributed by atoms with van der Waals surface area (Å²) in [7, 11) is -3.30. The number of rotatable bonds is 6. The summed E-state index contributed by atoms with van der Waals surface area (Å²) in [5, 5.41) is 21.0. The summed E-state index contributed by atoms with van der Waals surface area (Å²) in [6.07, 6.45) is 5.77. The van der Waals surface area contributed by atoms with Crippen LogP contribution in [0.2, 0.25) is 0 Å². The van der Waals surface area contributed by atoms with Crippen LogP contribution in [-0.2, 0) is 15.6 Å². The normalized spacial score (nSPS) is 16.6. The van der Waals surface area contributed by atoms with Crippen LogP contribution in [0, 0.1) is 16.7 Å². The van der Waals surface area contributed by atoms with Gasteiger partial charge in [-0.2, -0.15) is 14.7 Å². The number of aromatic nitrogens is 4. The number of hydrogen-bond donors (Lipinski definition) is 2. The third kappa shape index (κ3) is 2.83. The Balaban J connectivity index is 1.95. The van der Waals surface area contributed by atoms with Gasteiger partial charge in [0.2, 0.25) is 10.0 Å². The van der Waals surface area contributed by atoms with Crippen molar-refractivity contribution >= 4 is 22.1 Å². The first-order chi connectivity index (χ1) is 12.4. The van der Waals surface area contributed by atoms with Crippen molar-refractivity contribution in [1.82, 2.24) is 24.1 Å². The summed E-state index contributed by atoms with van der Waals surface area (Å²) in [4.78, 5) is 8.03. The topological polar surface area (TPSA) is 155 Å². The zero-order valence-corrected chi connectivity index (χ0v) is 14.9. The molecule has 0 unspecified atom stereocenters. The predicted octanol–water partition coefficient (Wildman–Crippen LogP) is 0.194. The highest BCUT2D eigenvalue weighted by Gasteiger charge is 2.49. The molecular formula is C15H18N8O2S. The summed E-state index contributed by atoms with van der Waals surface area (Å²) in [6, 6.07) is 2.12. The smallest absolute Gasteiger partial charge is 0.213 e. The lowest BCUT2D eigenvalue weighted by atomic mass is 9.89. The van der Waals surface area contributed by atoms with Crippen LogP contribution < -0.4 is 5.73 Å². The van der Waals surface area contributed by atoms with E-state index in [-0.39, 0.29) is 31.1 Å². The van der Waals surface area contributed by atoms with E-state index in [1.807, 2.05) is 0 Å². The van der Waals surface area contributed by atoms with Gasteiger partial charge < -0.3 is 11.1 Å². The van der Waals surface area contributed by atoms with Gasteiger partial charge in [0.1, 0.15) is 17.7 Å². The lowest BCUT2D eigenvalue weighted by Gasteiger charge is -2.47. The molecule has 10 nitrogen and oxygen atoms in total. The van der Waals surface area contributed by atoms with E-state index >= 15 is 0 Å². The highest BCUT2D eigenvalue weighted by atomic mass is 32.2. The van der Waals surface area contributed by atoms with Crippen molar-refractivity contribution in [3.63, 3.8) is 0 Å². The van der Waals surface area contributed by atoms with Gasteiger partial charge in [-0.3, -0.25) is 4.68 Å². The minimum atomic E-state index is -3.30. The first kappa shape index (κ1) is 18.0. The molecule has 3 heterocycles. The molecule has 2 aromatic heterocycles. The molecule has 1 fully saturated rings. The molecule has 0 atom stereocenters. The average Bonchev–Trinajstić information content (AvgIpc) is 3.07. The largest absolute Gasteiger partial charge is 0.383 e. The van der Waals surface area contributed by atoms with Gasteiger partial charge in [0.15, 0.2) is 0 Å². The van der Waals surface area contributed by atoms with Gasteiger partial charge in [0.05, 0.1) is 35.7 Å². The maximum Gasteiger partial charge on any atom is 0.213 e. The Morgan fingerprint density at radius 3 is 2.81 bits per heavy atom. The molecule has 0 saturated carbocycles. The summed E-state index contributed by atoms with van der Waals surface area (Å²) in [5.41, 5.74) is 6.53. The van der Waals surface area contributed by atoms with E-state index < -0.39 is 15.6 Å². The van der Waals surface area contributed by atoms with Gasteiger partial charge in [0, 0.05) is 31.1 Å². The van der Waals surface area contributed by atoms with Crippen LogP contribution in [0.15, 0.2) is 18.7 Å². The Bertz CT molecular complexity index is 985. The molecule has 26 heavy (non-hydrogen) atoms. The summed E-state index contributed by atoms with van der Waals surface area (Å²) >= 11 is 0. The van der Waals surface area contributed by atoms with Crippen LogP contribution in [0.5, 0.6) is 0 Å². The Labute approximate surface area is 150 Å². The van der Waals surface area contributed by atoms with Gasteiger partial charge in [-0.1, -0.05) is 0 Å². The average molecular weight is 374 g/mol. The SMILES string of the molecule is CCS(=O)(=O)N1CC(CC#N)(n2cc(-c3ncnc(N)c3C=N)cn2)C1. The van der Waals surface area contributed by atoms with E-state index in [1.54, 1.807) is 24.0 Å². The number of hydrogen-bond acceptors (Lipinski definition) is 8. The van der Waals surface area contributed by atoms with Crippen molar-refractivity contribution < 1.29 is 8.42 Å². The minimum Gasteiger partial charge on any atom is -0.383 e. The molecule has 2 aromatic rings. The summed E-state index contributed by atoms with van der Waals surface area (Å²) in [6.45, 7) is 1.98. The quantitative estimate of drug-likeness (QED) is 0.684. The van der Waals surface area contributed by atoms with E-state index in [0.29, 0.717) is 16.8 Å². The van der Waals surface area contributed by atoms with E-state index in [1.165, 1.54) is 10.6 Å². The summed E-state index contributed by atoms with van der Waals surface area (Å²) in [5.74, 6) is 0.205. The number of nitrogens with two attached hydrogens (primary N) is 1. The van der Waals surface area contributed by atoms with Crippen LogP contribution in [0.1, 0.15) is 18.9 Å². The van der Waals surface area contributed by atoms with Gasteiger partial charge in [-0.05, 0) is 6.92 Å². The van der Waals surface area contributed by atoms with Crippen LogP contribution in [0.25, 0.3) is 11.3 Å². The standard InChI is InChI=1S/C15H18N8O2S/c1-2-26(24,25)22-8-15(9-22,3-4-16)23-7-11(6-21-23)13-12(5-17)14(18)20-10-19-13/h5-7,10,17H,2-3,8-9H2,1H3,(H2,18,19,20). The lowest BCUT2D eigenvalue weighted by molar-refractivity contribution is 0.0719. The Kier molecular flexibility index (Phi) is 4.47. The number of sulfonamides is 1. The van der Waals surface area contributed by atoms with Crippen LogP contribution in [-0.4, -0.2) is 57.5 Å². The maximum atomic E-state index is 12.0. The number of nitrogen functional groups attached to an aromatic ring is 1. The maximum absolute atomic E-state index is 12.0. The molecule has 0 aromatic carbocycles. The van der Waals surface area contributed by atoms with E-state index in [9.17, 15) is 13.7 Å². The van der Waals surface area contributed by atoms with Crippen molar-refractivity contribution in [3.05, 3.63) is 24.3 Å². The zero-order chi connectivity index (χ0) is 18.9. The molecule has 0 amide bonds. The second kappa shape index (κ2) is 6.47. The van der Waals surface area contributed by atoms with Crippen LogP contribution in [0.4, 0.5) is 5.82 Å². The third-order valence-corrected chi connectivity index (χ3v) is 6.28. The fraction of sp³-hybridized carbons (Fsp3) is 0.400. The number of anilines is 1. The van der Waals surface area contributed by atoms with Crippen molar-refractivity contribution in [2.24, 2.45) is 0 Å². The fourth-order valence-electron chi connectivity index (χ4n) is 2.96. The Morgan fingerprint density at radius 1 is 1.46 bits per heavy atom. The molecule has 0 radical (unpaired) electrons. The molecule has 0 bridgehead atoms. The first-order valence-corrected chi connectivity index (χ1v) is 9.49. The van der Waals surface area contributed by atoms with Crippen LogP contribution >= 0.6 is 0 Å². The zero-order valence-electron chi connectivity index (χ0n) is 14.1. The molecule has 136 valence electrons. The van der Waals surface area contributed by atoms with Gasteiger partial charge in [-0.15, -0.1) is 0 Å². The molecule has 0 spiro atoms. The highest BCUT2D eigenvalue weighted by molar-refractivity contribution is 7.89. The van der Waals surface area contributed by atoms with Crippen LogP contribution in [0.3, 0.4) is 0 Å². The molecule has 1 aliphatic rings. The van der Waals surface area contributed by atoms with Gasteiger partial charge >= 0.3 is 0 Å². The third-order valence-electron chi connectivity index (χ3n) is 4.51. The van der Waals surface area contributed by atoms with Gasteiger partial charge in [-0.25, -0.2) is 18.4 Å². The fourth-order valence-corrected chi connectivity index (χ4v) is 4.20. The molecule has 0 aliphatic carbocycles. The first-order valence-electron chi connectivity index (χ1n) is 7.88. The molecule has 3 N–H and O–H groups in total. The minimum absolute atomic E-state index is 0.0168. The van der Waals surface area contributed by atoms with Crippen molar-refractivity contribution in [2.75, 3.05) is 24.6 Å². The van der Waals surface area contributed by atoms with Crippen molar-refractivity contribution in [3.8, 4) is 17.3 Å². The molecule has 11 heteroatoms. The Hall–Kier alpha value is -2.84. The second-order valence-electron chi connectivity index (χ2n) is 6.07. The number of nitrogens with one attached hydrogen (secondary N) is 1. The Morgan fingerprint density at radius 2 is 2.19 bits per heavy atom. The van der Waals surface area contributed by atoms with Crippen molar-refractivity contribution in [2.45, 2.75) is 18.9 Å².